The Labute approximate surface area is 160 Å². The standard InChI is InChI=1S/C20H40N2O4/c1-5-9-15-21(19(23)25-7-3)17-13-11-12-14-18-22(16-10-6-2)20(24)26-8-4/h5-18H2,1-4H3. The maximum atomic E-state index is 11.9. The Morgan fingerprint density at radius 1 is 0.577 bits per heavy atom. The van der Waals surface area contributed by atoms with Crippen LogP contribution in [0.1, 0.15) is 79.1 Å². The highest BCUT2D eigenvalue weighted by Crippen LogP contribution is 2.08. The summed E-state index contributed by atoms with van der Waals surface area (Å²) in [6.45, 7) is 11.8. The van der Waals surface area contributed by atoms with E-state index in [9.17, 15) is 9.59 Å². The molecule has 0 atom stereocenters. The molecule has 0 aliphatic rings. The zero-order valence-electron chi connectivity index (χ0n) is 17.4. The normalized spacial score (nSPS) is 10.5. The average Bonchev–Trinajstić information content (AvgIpc) is 2.63. The molecule has 0 N–H and O–H groups in total. The van der Waals surface area contributed by atoms with E-state index in [-0.39, 0.29) is 12.2 Å². The number of rotatable bonds is 15. The topological polar surface area (TPSA) is 59.1 Å². The largest absolute Gasteiger partial charge is 0.450 e. The summed E-state index contributed by atoms with van der Waals surface area (Å²) in [5.41, 5.74) is 0. The van der Waals surface area contributed by atoms with E-state index in [0.29, 0.717) is 13.2 Å². The summed E-state index contributed by atoms with van der Waals surface area (Å²) in [6, 6.07) is 0. The number of hydrogen-bond donors (Lipinski definition) is 0. The van der Waals surface area contributed by atoms with Gasteiger partial charge in [-0.25, -0.2) is 9.59 Å². The highest BCUT2D eigenvalue weighted by Gasteiger charge is 2.14. The van der Waals surface area contributed by atoms with Gasteiger partial charge in [0.1, 0.15) is 0 Å². The van der Waals surface area contributed by atoms with Crippen molar-refractivity contribution in [3.05, 3.63) is 0 Å². The first-order valence-electron chi connectivity index (χ1n) is 10.4. The molecule has 154 valence electrons. The number of hydrogen-bond acceptors (Lipinski definition) is 4. The van der Waals surface area contributed by atoms with Gasteiger partial charge in [-0.15, -0.1) is 0 Å². The van der Waals surface area contributed by atoms with E-state index in [0.717, 1.165) is 77.5 Å². The predicted octanol–water partition coefficient (Wildman–Crippen LogP) is 5.06. The van der Waals surface area contributed by atoms with Crippen LogP contribution in [0.4, 0.5) is 9.59 Å². The van der Waals surface area contributed by atoms with Crippen LogP contribution in [-0.4, -0.2) is 61.4 Å². The molecule has 6 heteroatoms. The van der Waals surface area contributed by atoms with Crippen molar-refractivity contribution in [2.24, 2.45) is 0 Å². The first-order valence-corrected chi connectivity index (χ1v) is 10.4. The van der Waals surface area contributed by atoms with E-state index >= 15 is 0 Å². The Balaban J connectivity index is 4.08. The SMILES string of the molecule is CCCCN(CCCCCCN(CCCC)C(=O)OCC)C(=O)OCC. The monoisotopic (exact) mass is 372 g/mol. The van der Waals surface area contributed by atoms with Gasteiger partial charge in [0.2, 0.25) is 0 Å². The van der Waals surface area contributed by atoms with Crippen LogP contribution in [0.25, 0.3) is 0 Å². The first kappa shape index (κ1) is 24.5. The summed E-state index contributed by atoms with van der Waals surface area (Å²) < 4.78 is 10.3. The van der Waals surface area contributed by atoms with E-state index in [4.69, 9.17) is 9.47 Å². The summed E-state index contributed by atoms with van der Waals surface area (Å²) in [7, 11) is 0. The minimum atomic E-state index is -0.200. The number of carbonyl (C=O) groups is 2. The molecule has 0 radical (unpaired) electrons. The van der Waals surface area contributed by atoms with E-state index in [1.165, 1.54) is 0 Å². The minimum Gasteiger partial charge on any atom is -0.450 e. The van der Waals surface area contributed by atoms with Gasteiger partial charge in [0.05, 0.1) is 13.2 Å². The average molecular weight is 373 g/mol. The molecule has 0 unspecified atom stereocenters. The fourth-order valence-corrected chi connectivity index (χ4v) is 2.68. The van der Waals surface area contributed by atoms with Crippen molar-refractivity contribution in [2.75, 3.05) is 39.4 Å². The van der Waals surface area contributed by atoms with Crippen molar-refractivity contribution < 1.29 is 19.1 Å². The number of amides is 2. The molecular formula is C20H40N2O4. The highest BCUT2D eigenvalue weighted by atomic mass is 16.6. The summed E-state index contributed by atoms with van der Waals surface area (Å²) in [5.74, 6) is 0. The molecular weight excluding hydrogens is 332 g/mol. The van der Waals surface area contributed by atoms with Crippen LogP contribution < -0.4 is 0 Å². The Morgan fingerprint density at radius 2 is 0.923 bits per heavy atom. The van der Waals surface area contributed by atoms with Crippen LogP contribution in [-0.2, 0) is 9.47 Å². The maximum Gasteiger partial charge on any atom is 0.409 e. The summed E-state index contributed by atoms with van der Waals surface area (Å²) in [5, 5.41) is 0. The third-order valence-electron chi connectivity index (χ3n) is 4.22. The fraction of sp³-hybridized carbons (Fsp3) is 0.900. The smallest absolute Gasteiger partial charge is 0.409 e. The lowest BCUT2D eigenvalue weighted by atomic mass is 10.1. The van der Waals surface area contributed by atoms with Crippen LogP contribution >= 0.6 is 0 Å². The van der Waals surface area contributed by atoms with Crippen LogP contribution in [0.3, 0.4) is 0 Å². The van der Waals surface area contributed by atoms with E-state index in [2.05, 4.69) is 13.8 Å². The second-order valence-electron chi connectivity index (χ2n) is 6.49. The fourth-order valence-electron chi connectivity index (χ4n) is 2.68. The molecule has 0 aliphatic heterocycles. The molecule has 0 heterocycles. The lowest BCUT2D eigenvalue weighted by molar-refractivity contribution is 0.103. The lowest BCUT2D eigenvalue weighted by Gasteiger charge is -2.22. The van der Waals surface area contributed by atoms with Gasteiger partial charge in [0.15, 0.2) is 0 Å². The Bertz CT molecular complexity index is 330. The lowest BCUT2D eigenvalue weighted by Crippen LogP contribution is -2.34. The van der Waals surface area contributed by atoms with Crippen molar-refractivity contribution in [2.45, 2.75) is 79.1 Å². The zero-order chi connectivity index (χ0) is 19.6. The molecule has 6 nitrogen and oxygen atoms in total. The predicted molar refractivity (Wildman–Crippen MR) is 105 cm³/mol. The van der Waals surface area contributed by atoms with Gasteiger partial charge in [-0.2, -0.15) is 0 Å². The molecule has 0 saturated heterocycles. The van der Waals surface area contributed by atoms with Gasteiger partial charge in [-0.05, 0) is 39.5 Å². The third kappa shape index (κ3) is 12.0. The van der Waals surface area contributed by atoms with Crippen LogP contribution in [0.2, 0.25) is 0 Å². The molecule has 2 amide bonds. The molecule has 0 rings (SSSR count). The summed E-state index contributed by atoms with van der Waals surface area (Å²) >= 11 is 0. The third-order valence-corrected chi connectivity index (χ3v) is 4.22. The minimum absolute atomic E-state index is 0.200. The second-order valence-corrected chi connectivity index (χ2v) is 6.49. The first-order chi connectivity index (χ1) is 12.6. The van der Waals surface area contributed by atoms with Gasteiger partial charge in [0.25, 0.3) is 0 Å². The maximum absolute atomic E-state index is 11.9. The van der Waals surface area contributed by atoms with Crippen molar-refractivity contribution in [1.82, 2.24) is 9.80 Å². The summed E-state index contributed by atoms with van der Waals surface area (Å²) in [6.07, 6.45) is 7.78. The van der Waals surface area contributed by atoms with E-state index < -0.39 is 0 Å². The van der Waals surface area contributed by atoms with E-state index in [1.54, 1.807) is 0 Å². The number of nitrogens with zero attached hydrogens (tertiary/aromatic N) is 2. The van der Waals surface area contributed by atoms with Crippen molar-refractivity contribution in [3.63, 3.8) is 0 Å². The van der Waals surface area contributed by atoms with Crippen LogP contribution in [0, 0.1) is 0 Å². The van der Waals surface area contributed by atoms with Gasteiger partial charge >= 0.3 is 12.2 Å². The zero-order valence-corrected chi connectivity index (χ0v) is 17.4. The molecule has 0 spiro atoms. The Morgan fingerprint density at radius 3 is 1.23 bits per heavy atom. The summed E-state index contributed by atoms with van der Waals surface area (Å²) in [4.78, 5) is 27.5. The van der Waals surface area contributed by atoms with Gasteiger partial charge in [-0.1, -0.05) is 39.5 Å². The number of unbranched alkanes of at least 4 members (excludes halogenated alkanes) is 5. The molecule has 0 saturated carbocycles. The molecule has 26 heavy (non-hydrogen) atoms. The molecule has 0 aliphatic carbocycles. The molecule has 0 aromatic carbocycles. The van der Waals surface area contributed by atoms with E-state index in [1.807, 2.05) is 23.6 Å². The second kappa shape index (κ2) is 17.0. The number of carbonyl (C=O) groups excluding carboxylic acids is 2. The number of ether oxygens (including phenoxy) is 2. The molecule has 0 bridgehead atoms. The molecule has 0 aromatic heterocycles. The van der Waals surface area contributed by atoms with Crippen LogP contribution in [0.5, 0.6) is 0 Å². The van der Waals surface area contributed by atoms with Crippen molar-refractivity contribution >= 4 is 12.2 Å². The van der Waals surface area contributed by atoms with Crippen molar-refractivity contribution in [1.29, 1.82) is 0 Å². The van der Waals surface area contributed by atoms with Gasteiger partial charge in [0, 0.05) is 26.2 Å². The molecule has 0 aromatic rings. The van der Waals surface area contributed by atoms with Crippen LogP contribution in [0.15, 0.2) is 0 Å². The Hall–Kier alpha value is -1.46. The quantitative estimate of drug-likeness (QED) is 0.377. The van der Waals surface area contributed by atoms with Gasteiger partial charge in [-0.3, -0.25) is 0 Å². The highest BCUT2D eigenvalue weighted by molar-refractivity contribution is 5.67. The van der Waals surface area contributed by atoms with Crippen molar-refractivity contribution in [3.8, 4) is 0 Å². The Kier molecular flexibility index (Phi) is 16.0. The molecule has 0 fully saturated rings. The van der Waals surface area contributed by atoms with Gasteiger partial charge < -0.3 is 19.3 Å².